The number of carbonyl (C=O) groups excluding carboxylic acids is 2. The van der Waals surface area contributed by atoms with Gasteiger partial charge in [-0.1, -0.05) is 108 Å². The van der Waals surface area contributed by atoms with Gasteiger partial charge in [0.15, 0.2) is 0 Å². The molecule has 302 valence electrons. The van der Waals surface area contributed by atoms with Crippen LogP contribution in [0.4, 0.5) is 39.3 Å². The number of allylic oxidation sites excluding steroid dienone is 1. The third-order valence-corrected chi connectivity index (χ3v) is 9.77. The standard InChI is InChI=1S/C25H28Cl2F2N6O2.C7H11F3.C4H7Cl.C2H6/c1-24(2,3)22(37)31-11-13-5-6-15(26)20(19(13)27)33-23-32-16-9-14(21(30)36)17(10-18(16)34(23)4)35-8-7-25(28,29)12-35;8-7(9,10)6-4-2-1-3-5-6;1-3-4(2)5;1-2/h5-6,9-10H,7-8,11-12H2,1-4H3,(H2,30,36)(H,31,37)(H,32,33);6H,1-5H2;2-3H2,1H3;1-2H3. The molecule has 1 aromatic heterocycles. The topological polar surface area (TPSA) is 105 Å². The lowest BCUT2D eigenvalue weighted by Crippen LogP contribution is -2.34. The van der Waals surface area contributed by atoms with Gasteiger partial charge in [0.2, 0.25) is 11.9 Å². The SMILES string of the molecule is C=C(Cl)CC.CC.Cn1c(Nc2c(Cl)ccc(CNC(=O)C(C)(C)C)c2Cl)nc2cc(C(N)=O)c(N3CCC(F)(F)C3)cc21.FC(F)(F)C1CCCCC1. The number of hydrogen-bond donors (Lipinski definition) is 3. The maximum absolute atomic E-state index is 13.9. The molecule has 5 rings (SSSR count). The lowest BCUT2D eigenvalue weighted by molar-refractivity contribution is -0.181. The van der Waals surface area contributed by atoms with Crippen molar-refractivity contribution in [3.05, 3.63) is 57.0 Å². The predicted octanol–water partition coefficient (Wildman–Crippen LogP) is 11.5. The zero-order valence-corrected chi connectivity index (χ0v) is 34.2. The first-order valence-electron chi connectivity index (χ1n) is 17.9. The monoisotopic (exact) mass is 824 g/mol. The highest BCUT2D eigenvalue weighted by Gasteiger charge is 2.40. The van der Waals surface area contributed by atoms with Crippen molar-refractivity contribution in [2.24, 2.45) is 24.1 Å². The second-order valence-electron chi connectivity index (χ2n) is 13.9. The first-order valence-corrected chi connectivity index (χ1v) is 19.0. The van der Waals surface area contributed by atoms with Gasteiger partial charge in [-0.15, -0.1) is 0 Å². The minimum absolute atomic E-state index is 0.103. The number of nitrogens with zero attached hydrogens (tertiary/aromatic N) is 3. The Labute approximate surface area is 330 Å². The van der Waals surface area contributed by atoms with E-state index >= 15 is 0 Å². The van der Waals surface area contributed by atoms with Crippen molar-refractivity contribution >= 4 is 75.0 Å². The summed E-state index contributed by atoms with van der Waals surface area (Å²) in [7, 11) is 1.74. The number of primary amides is 1. The largest absolute Gasteiger partial charge is 0.391 e. The average Bonchev–Trinajstić information content (AvgIpc) is 3.63. The quantitative estimate of drug-likeness (QED) is 0.206. The summed E-state index contributed by atoms with van der Waals surface area (Å²) in [6.07, 6.45) is -0.166. The average molecular weight is 826 g/mol. The van der Waals surface area contributed by atoms with E-state index in [1.165, 1.54) is 11.0 Å². The molecule has 1 aliphatic carbocycles. The number of carbonyl (C=O) groups is 2. The number of rotatable bonds is 7. The molecule has 2 fully saturated rings. The molecular formula is C38H52Cl3F5N6O2. The second-order valence-corrected chi connectivity index (χ2v) is 15.3. The molecule has 0 unspecified atom stereocenters. The smallest absolute Gasteiger partial charge is 0.366 e. The summed E-state index contributed by atoms with van der Waals surface area (Å²) in [4.78, 5) is 30.5. The molecule has 16 heteroatoms. The Morgan fingerprint density at radius 3 is 2.13 bits per heavy atom. The minimum Gasteiger partial charge on any atom is -0.366 e. The van der Waals surface area contributed by atoms with Crippen molar-refractivity contribution in [1.29, 1.82) is 0 Å². The van der Waals surface area contributed by atoms with Crippen LogP contribution in [0.25, 0.3) is 11.0 Å². The lowest BCUT2D eigenvalue weighted by atomic mass is 9.89. The van der Waals surface area contributed by atoms with E-state index in [9.17, 15) is 31.5 Å². The van der Waals surface area contributed by atoms with Crippen LogP contribution in [0.1, 0.15) is 102 Å². The summed E-state index contributed by atoms with van der Waals surface area (Å²) in [5.74, 6) is -4.34. The van der Waals surface area contributed by atoms with Gasteiger partial charge in [0.25, 0.3) is 11.8 Å². The Hall–Kier alpha value is -3.29. The molecule has 2 amide bonds. The third-order valence-electron chi connectivity index (χ3n) is 8.75. The van der Waals surface area contributed by atoms with Gasteiger partial charge in [-0.3, -0.25) is 9.59 Å². The van der Waals surface area contributed by atoms with Crippen LogP contribution in [-0.2, 0) is 18.4 Å². The van der Waals surface area contributed by atoms with Crippen molar-refractivity contribution in [2.45, 2.75) is 105 Å². The minimum atomic E-state index is -3.93. The van der Waals surface area contributed by atoms with Crippen LogP contribution in [-0.4, -0.2) is 46.6 Å². The van der Waals surface area contributed by atoms with Crippen molar-refractivity contribution < 1.29 is 31.5 Å². The predicted molar refractivity (Wildman–Crippen MR) is 211 cm³/mol. The number of benzene rings is 2. The number of nitrogens with one attached hydrogen (secondary N) is 2. The summed E-state index contributed by atoms with van der Waals surface area (Å²) in [6.45, 7) is 14.7. The number of halogens is 8. The maximum Gasteiger partial charge on any atom is 0.391 e. The zero-order chi connectivity index (χ0) is 41.2. The summed E-state index contributed by atoms with van der Waals surface area (Å²) < 4.78 is 65.3. The molecule has 54 heavy (non-hydrogen) atoms. The van der Waals surface area contributed by atoms with Crippen molar-refractivity contribution in [3.63, 3.8) is 0 Å². The van der Waals surface area contributed by atoms with E-state index < -0.39 is 35.9 Å². The molecule has 1 saturated heterocycles. The van der Waals surface area contributed by atoms with Crippen molar-refractivity contribution in [2.75, 3.05) is 23.3 Å². The van der Waals surface area contributed by atoms with Crippen LogP contribution >= 0.6 is 34.8 Å². The lowest BCUT2D eigenvalue weighted by Gasteiger charge is -2.23. The van der Waals surface area contributed by atoms with Crippen LogP contribution < -0.4 is 21.3 Å². The van der Waals surface area contributed by atoms with Crippen LogP contribution in [0.5, 0.6) is 0 Å². The summed E-state index contributed by atoms with van der Waals surface area (Å²) in [6, 6.07) is 6.52. The molecule has 2 heterocycles. The van der Waals surface area contributed by atoms with Gasteiger partial charge in [0, 0.05) is 37.0 Å². The van der Waals surface area contributed by atoms with E-state index in [4.69, 9.17) is 40.5 Å². The fourth-order valence-corrected chi connectivity index (χ4v) is 6.10. The van der Waals surface area contributed by atoms with Gasteiger partial charge in [0.05, 0.1) is 50.5 Å². The fourth-order valence-electron chi connectivity index (χ4n) is 5.57. The molecule has 2 aliphatic rings. The highest BCUT2D eigenvalue weighted by molar-refractivity contribution is 6.39. The fraction of sp³-hybridized carbons (Fsp3) is 0.553. The molecule has 0 bridgehead atoms. The highest BCUT2D eigenvalue weighted by Crippen LogP contribution is 2.39. The highest BCUT2D eigenvalue weighted by atomic mass is 35.5. The number of nitrogens with two attached hydrogens (primary N) is 1. The number of anilines is 3. The van der Waals surface area contributed by atoms with Crippen molar-refractivity contribution in [1.82, 2.24) is 14.9 Å². The number of amides is 2. The Morgan fingerprint density at radius 2 is 1.67 bits per heavy atom. The number of aryl methyl sites for hydroxylation is 1. The van der Waals surface area contributed by atoms with Crippen LogP contribution in [0.15, 0.2) is 35.9 Å². The van der Waals surface area contributed by atoms with E-state index in [0.717, 1.165) is 30.7 Å². The number of alkyl halides is 5. The van der Waals surface area contributed by atoms with E-state index in [1.54, 1.807) is 29.8 Å². The Morgan fingerprint density at radius 1 is 1.07 bits per heavy atom. The molecule has 1 saturated carbocycles. The Kier molecular flexibility index (Phi) is 17.4. The second kappa shape index (κ2) is 20.0. The number of hydrogen-bond acceptors (Lipinski definition) is 5. The Bertz CT molecular complexity index is 1750. The van der Waals surface area contributed by atoms with Gasteiger partial charge in [0.1, 0.15) is 0 Å². The molecule has 1 aliphatic heterocycles. The molecule has 0 atom stereocenters. The van der Waals surface area contributed by atoms with Crippen LogP contribution in [0, 0.1) is 11.3 Å². The van der Waals surface area contributed by atoms with Crippen molar-refractivity contribution in [3.8, 4) is 0 Å². The number of aromatic nitrogens is 2. The molecule has 0 radical (unpaired) electrons. The summed E-state index contributed by atoms with van der Waals surface area (Å²) in [5, 5.41) is 7.37. The van der Waals surface area contributed by atoms with Gasteiger partial charge < -0.3 is 25.8 Å². The van der Waals surface area contributed by atoms with Crippen LogP contribution in [0.3, 0.4) is 0 Å². The van der Waals surface area contributed by atoms with Crippen LogP contribution in [0.2, 0.25) is 10.0 Å². The van der Waals surface area contributed by atoms with Gasteiger partial charge >= 0.3 is 6.18 Å². The van der Waals surface area contributed by atoms with Gasteiger partial charge in [-0.05, 0) is 43.0 Å². The van der Waals surface area contributed by atoms with E-state index in [1.807, 2.05) is 41.5 Å². The van der Waals surface area contributed by atoms with Gasteiger partial charge in [-0.2, -0.15) is 13.2 Å². The Balaban J connectivity index is 0.000000492. The van der Waals surface area contributed by atoms with Gasteiger partial charge in [-0.25, -0.2) is 13.8 Å². The van der Waals surface area contributed by atoms with E-state index in [-0.39, 0.29) is 31.0 Å². The summed E-state index contributed by atoms with van der Waals surface area (Å²) >= 11 is 18.3. The zero-order valence-electron chi connectivity index (χ0n) is 31.9. The third kappa shape index (κ3) is 13.2. The maximum atomic E-state index is 13.9. The molecule has 2 aromatic carbocycles. The van der Waals surface area contributed by atoms with E-state index in [2.05, 4.69) is 22.2 Å². The summed E-state index contributed by atoms with van der Waals surface area (Å²) in [5.41, 5.74) is 7.54. The molecular weight excluding hydrogens is 774 g/mol. The molecule has 0 spiro atoms. The number of fused-ring (bicyclic) bond motifs is 1. The normalized spacial score (nSPS) is 15.6. The first kappa shape index (κ1) is 46.9. The molecule has 3 aromatic rings. The first-order chi connectivity index (χ1) is 25.1. The molecule has 8 nitrogen and oxygen atoms in total. The molecule has 4 N–H and O–H groups in total. The van der Waals surface area contributed by atoms with E-state index in [0.29, 0.717) is 56.8 Å². The number of imidazole rings is 1.